The molecule has 3 unspecified atom stereocenters. The van der Waals surface area contributed by atoms with Crippen LogP contribution in [-0.4, -0.2) is 0 Å². The first kappa shape index (κ1) is 11.6. The van der Waals surface area contributed by atoms with Crippen molar-refractivity contribution >= 4 is 0 Å². The fraction of sp³-hybridized carbons (Fsp3) is 0.950. The summed E-state index contributed by atoms with van der Waals surface area (Å²) >= 11 is 0. The summed E-state index contributed by atoms with van der Waals surface area (Å²) in [5.41, 5.74) is 0.835. The molecule has 0 nitrogen and oxygen atoms in total. The first-order valence-corrected chi connectivity index (χ1v) is 9.62. The van der Waals surface area contributed by atoms with Gasteiger partial charge in [0.15, 0.2) is 0 Å². The lowest BCUT2D eigenvalue weighted by Gasteiger charge is -2.66. The van der Waals surface area contributed by atoms with Crippen LogP contribution in [0.15, 0.2) is 0 Å². The third-order valence-corrected chi connectivity index (χ3v) is 8.70. The van der Waals surface area contributed by atoms with Gasteiger partial charge in [-0.15, -0.1) is 0 Å². The van der Waals surface area contributed by atoms with E-state index in [0.29, 0.717) is 0 Å². The number of hydrogen-bond acceptors (Lipinski definition) is 0. The molecule has 0 aliphatic heterocycles. The largest absolute Gasteiger partial charge is 0.0475 e. The highest BCUT2D eigenvalue weighted by Crippen LogP contribution is 2.70. The smallest absolute Gasteiger partial charge is 0.0196 e. The van der Waals surface area contributed by atoms with Crippen molar-refractivity contribution in [2.75, 3.05) is 0 Å². The Morgan fingerprint density at radius 1 is 0.600 bits per heavy atom. The first-order chi connectivity index (χ1) is 9.77. The highest BCUT2D eigenvalue weighted by molar-refractivity contribution is 5.20. The molecule has 0 aromatic carbocycles. The van der Waals surface area contributed by atoms with E-state index in [1.807, 2.05) is 0 Å². The Labute approximate surface area is 124 Å². The van der Waals surface area contributed by atoms with Gasteiger partial charge in [0.2, 0.25) is 0 Å². The normalized spacial score (nSPS) is 63.3. The minimum Gasteiger partial charge on any atom is -0.0475 e. The van der Waals surface area contributed by atoms with Crippen LogP contribution < -0.4 is 0 Å². The Balaban J connectivity index is 1.39. The summed E-state index contributed by atoms with van der Waals surface area (Å²) in [6.07, 6.45) is 17.8. The van der Waals surface area contributed by atoms with E-state index < -0.39 is 0 Å². The zero-order chi connectivity index (χ0) is 12.9. The van der Waals surface area contributed by atoms with Crippen LogP contribution in [0.25, 0.3) is 0 Å². The van der Waals surface area contributed by atoms with Gasteiger partial charge in [-0.3, -0.25) is 0 Å². The highest BCUT2D eigenvalue weighted by Gasteiger charge is 2.60. The molecule has 8 saturated carbocycles. The lowest BCUT2D eigenvalue weighted by atomic mass is 9.39. The van der Waals surface area contributed by atoms with Crippen LogP contribution in [0.4, 0.5) is 0 Å². The zero-order valence-electron chi connectivity index (χ0n) is 12.8. The lowest BCUT2D eigenvalue weighted by Crippen LogP contribution is -2.57. The van der Waals surface area contributed by atoms with Crippen molar-refractivity contribution in [2.45, 2.75) is 70.6 Å². The van der Waals surface area contributed by atoms with Crippen LogP contribution in [-0.2, 0) is 0 Å². The molecule has 0 heterocycles. The average Bonchev–Trinajstić information content (AvgIpc) is 2.34. The molecule has 8 aliphatic rings. The number of rotatable bonds is 1. The van der Waals surface area contributed by atoms with Crippen molar-refractivity contribution in [3.63, 3.8) is 0 Å². The summed E-state index contributed by atoms with van der Waals surface area (Å²) in [4.78, 5) is 0. The van der Waals surface area contributed by atoms with E-state index in [1.54, 1.807) is 70.6 Å². The Bertz CT molecular complexity index is 370. The second-order valence-electron chi connectivity index (χ2n) is 10.0. The van der Waals surface area contributed by atoms with Crippen LogP contribution in [0, 0.1) is 52.8 Å². The number of hydrogen-bond donors (Lipinski definition) is 0. The maximum atomic E-state index is 2.11. The second-order valence-corrected chi connectivity index (χ2v) is 10.0. The minimum atomic E-state index is 0.835. The third-order valence-electron chi connectivity index (χ3n) is 8.70. The van der Waals surface area contributed by atoms with Gasteiger partial charge < -0.3 is 0 Å². The molecular weight excluding hydrogens is 240 g/mol. The Kier molecular flexibility index (Phi) is 2.12. The molecule has 8 rings (SSSR count). The van der Waals surface area contributed by atoms with Crippen LogP contribution in [0.1, 0.15) is 70.6 Å². The lowest BCUT2D eigenvalue weighted by molar-refractivity contribution is -0.128. The van der Waals surface area contributed by atoms with Gasteiger partial charge in [-0.05, 0) is 123 Å². The molecule has 1 radical (unpaired) electrons. The molecule has 0 aromatic heterocycles. The fourth-order valence-corrected chi connectivity index (χ4v) is 9.13. The Morgan fingerprint density at radius 2 is 1.10 bits per heavy atom. The predicted molar refractivity (Wildman–Crippen MR) is 80.9 cm³/mol. The van der Waals surface area contributed by atoms with Gasteiger partial charge in [-0.2, -0.15) is 0 Å². The van der Waals surface area contributed by atoms with Gasteiger partial charge in [-0.25, -0.2) is 0 Å². The standard InChI is InChI=1S/C20H29/c1-12-5-17-7-13(1)8-18(6-12)19(17)20-9-14-2-15(10-20)4-16(3-14)11-20/h12-17,19H,1-11H2. The van der Waals surface area contributed by atoms with Gasteiger partial charge in [0, 0.05) is 0 Å². The van der Waals surface area contributed by atoms with E-state index in [1.165, 1.54) is 0 Å². The van der Waals surface area contributed by atoms with Gasteiger partial charge in [0.05, 0.1) is 0 Å². The van der Waals surface area contributed by atoms with Crippen molar-refractivity contribution in [3.05, 3.63) is 5.92 Å². The quantitative estimate of drug-likeness (QED) is 0.611. The molecule has 0 amide bonds. The molecule has 0 aromatic rings. The van der Waals surface area contributed by atoms with E-state index >= 15 is 0 Å². The zero-order valence-corrected chi connectivity index (χ0v) is 12.8. The molecule has 20 heavy (non-hydrogen) atoms. The Morgan fingerprint density at radius 3 is 1.60 bits per heavy atom. The second kappa shape index (κ2) is 3.66. The first-order valence-electron chi connectivity index (χ1n) is 9.62. The average molecular weight is 269 g/mol. The van der Waals surface area contributed by atoms with Crippen molar-refractivity contribution < 1.29 is 0 Å². The van der Waals surface area contributed by atoms with E-state index in [0.717, 1.165) is 46.8 Å². The summed E-state index contributed by atoms with van der Waals surface area (Å²) in [6, 6.07) is 0. The van der Waals surface area contributed by atoms with Gasteiger partial charge >= 0.3 is 0 Å². The van der Waals surface area contributed by atoms with Crippen molar-refractivity contribution in [2.24, 2.45) is 46.8 Å². The monoisotopic (exact) mass is 269 g/mol. The topological polar surface area (TPSA) is 0 Å². The summed E-state index contributed by atoms with van der Waals surface area (Å²) in [5.74, 6) is 10.1. The van der Waals surface area contributed by atoms with Gasteiger partial charge in [0.25, 0.3) is 0 Å². The van der Waals surface area contributed by atoms with Crippen LogP contribution in [0.2, 0.25) is 0 Å². The summed E-state index contributed by atoms with van der Waals surface area (Å²) in [5, 5.41) is 0. The van der Waals surface area contributed by atoms with Gasteiger partial charge in [0.1, 0.15) is 0 Å². The SMILES string of the molecule is C1[C]2CC3CC1CC(C3)C2C12CC3CC(CC(C3)C1)C2. The summed E-state index contributed by atoms with van der Waals surface area (Å²) in [6.45, 7) is 0. The highest BCUT2D eigenvalue weighted by atomic mass is 14.7. The molecule has 0 heteroatoms. The fourth-order valence-electron chi connectivity index (χ4n) is 9.13. The van der Waals surface area contributed by atoms with E-state index in [9.17, 15) is 0 Å². The molecule has 0 N–H and O–H groups in total. The van der Waals surface area contributed by atoms with Gasteiger partial charge in [-0.1, -0.05) is 0 Å². The summed E-state index contributed by atoms with van der Waals surface area (Å²) in [7, 11) is 0. The third kappa shape index (κ3) is 1.40. The molecule has 0 spiro atoms. The Hall–Kier alpha value is 0. The molecule has 109 valence electrons. The summed E-state index contributed by atoms with van der Waals surface area (Å²) < 4.78 is 0. The van der Waals surface area contributed by atoms with Crippen LogP contribution >= 0.6 is 0 Å². The van der Waals surface area contributed by atoms with Crippen molar-refractivity contribution in [1.82, 2.24) is 0 Å². The molecule has 8 aliphatic carbocycles. The van der Waals surface area contributed by atoms with E-state index in [-0.39, 0.29) is 0 Å². The van der Waals surface area contributed by atoms with E-state index in [2.05, 4.69) is 5.92 Å². The van der Waals surface area contributed by atoms with E-state index in [4.69, 9.17) is 0 Å². The van der Waals surface area contributed by atoms with Crippen molar-refractivity contribution in [1.29, 1.82) is 0 Å². The molecule has 8 fully saturated rings. The van der Waals surface area contributed by atoms with Crippen LogP contribution in [0.3, 0.4) is 0 Å². The maximum Gasteiger partial charge on any atom is -0.0196 e. The molecule has 0 saturated heterocycles. The predicted octanol–water partition coefficient (Wildman–Crippen LogP) is 5.23. The minimum absolute atomic E-state index is 0.835. The van der Waals surface area contributed by atoms with Crippen LogP contribution in [0.5, 0.6) is 0 Å². The molecule has 8 bridgehead atoms. The molecule has 3 atom stereocenters. The molecular formula is C20H29. The van der Waals surface area contributed by atoms with Crippen molar-refractivity contribution in [3.8, 4) is 0 Å². The maximum absolute atomic E-state index is 2.11.